The predicted octanol–water partition coefficient (Wildman–Crippen LogP) is 2.59. The Hall–Kier alpha value is 0.690. The van der Waals surface area contributed by atoms with Crippen molar-refractivity contribution in [1.82, 2.24) is 5.32 Å². The largest absolute Gasteiger partial charge is 0.317 e. The van der Waals surface area contributed by atoms with Crippen LogP contribution in [0.4, 0.5) is 0 Å². The van der Waals surface area contributed by atoms with Crippen molar-refractivity contribution in [1.29, 1.82) is 0 Å². The van der Waals surface area contributed by atoms with Crippen LogP contribution in [0.25, 0.3) is 0 Å². The van der Waals surface area contributed by atoms with Crippen LogP contribution in [0, 0.1) is 0 Å². The summed E-state index contributed by atoms with van der Waals surface area (Å²) in [6, 6.07) is 0. The van der Waals surface area contributed by atoms with Gasteiger partial charge in [-0.1, -0.05) is 35.9 Å². The average Bonchev–Trinajstić information content (AvgIpc) is 1.97. The second kappa shape index (κ2) is 9.69. The Balaban J connectivity index is 2.65. The second-order valence-electron chi connectivity index (χ2n) is 2.50. The summed E-state index contributed by atoms with van der Waals surface area (Å²) in [6.45, 7) is 4.60. The van der Waals surface area contributed by atoms with Gasteiger partial charge in [0.2, 0.25) is 0 Å². The van der Waals surface area contributed by atoms with Gasteiger partial charge in [0.05, 0.1) is 0 Å². The maximum absolute atomic E-state index is 3.39. The third kappa shape index (κ3) is 8.69. The summed E-state index contributed by atoms with van der Waals surface area (Å²) < 4.78 is 1.31. The molecule has 0 heterocycles. The molecule has 0 saturated heterocycles. The molecule has 62 valence electrons. The first-order chi connectivity index (χ1) is 4.91. The molecule has 0 unspecified atom stereocenters. The molecular weight excluding hydrogens is 237 g/mol. The van der Waals surface area contributed by atoms with Gasteiger partial charge < -0.3 is 5.32 Å². The molecule has 0 atom stereocenters. The van der Waals surface area contributed by atoms with E-state index in [4.69, 9.17) is 0 Å². The first-order valence-corrected chi connectivity index (χ1v) is 5.71. The molecule has 0 fully saturated rings. The van der Waals surface area contributed by atoms with Gasteiger partial charge in [0.15, 0.2) is 0 Å². The molecule has 0 aromatic rings. The molecule has 10 heavy (non-hydrogen) atoms. The van der Waals surface area contributed by atoms with Crippen molar-refractivity contribution in [3.8, 4) is 0 Å². The smallest absolute Gasteiger partial charge is 0.000472 e. The van der Waals surface area contributed by atoms with E-state index in [9.17, 15) is 0 Å². The Kier molecular flexibility index (Phi) is 10.4. The van der Waals surface area contributed by atoms with Crippen molar-refractivity contribution in [3.63, 3.8) is 0 Å². The highest BCUT2D eigenvalue weighted by molar-refractivity contribution is 14.1. The highest BCUT2D eigenvalue weighted by Crippen LogP contribution is 1.97. The summed E-state index contributed by atoms with van der Waals surface area (Å²) in [5.74, 6) is 0. The highest BCUT2D eigenvalue weighted by Gasteiger charge is 1.86. The number of nitrogens with one attached hydrogen (secondary N) is 1. The molecule has 0 saturated carbocycles. The summed E-state index contributed by atoms with van der Waals surface area (Å²) in [5, 5.41) is 3.39. The summed E-state index contributed by atoms with van der Waals surface area (Å²) in [6.07, 6.45) is 5.38. The van der Waals surface area contributed by atoms with Crippen LogP contribution in [0.5, 0.6) is 0 Å². The average molecular weight is 255 g/mol. The molecule has 0 aromatic carbocycles. The number of hydrogen-bond acceptors (Lipinski definition) is 1. The van der Waals surface area contributed by atoms with Crippen molar-refractivity contribution in [3.05, 3.63) is 0 Å². The number of hydrogen-bond donors (Lipinski definition) is 1. The lowest BCUT2D eigenvalue weighted by Gasteiger charge is -2.00. The van der Waals surface area contributed by atoms with Crippen molar-refractivity contribution in [2.24, 2.45) is 0 Å². The topological polar surface area (TPSA) is 12.0 Å². The van der Waals surface area contributed by atoms with Crippen LogP contribution in [-0.4, -0.2) is 17.5 Å². The van der Waals surface area contributed by atoms with Gasteiger partial charge in [-0.2, -0.15) is 0 Å². The third-order valence-electron chi connectivity index (χ3n) is 1.41. The van der Waals surface area contributed by atoms with Crippen molar-refractivity contribution in [2.75, 3.05) is 17.5 Å². The molecule has 0 amide bonds. The van der Waals surface area contributed by atoms with E-state index in [1.54, 1.807) is 0 Å². The number of rotatable bonds is 7. The van der Waals surface area contributed by atoms with Crippen LogP contribution in [0.2, 0.25) is 0 Å². The summed E-state index contributed by atoms with van der Waals surface area (Å²) in [5.41, 5.74) is 0. The zero-order valence-electron chi connectivity index (χ0n) is 6.83. The monoisotopic (exact) mass is 255 g/mol. The standard InChI is InChI=1S/C8H18IN/c1-2-7-10-8-5-3-4-6-9/h10H,2-8H2,1H3. The van der Waals surface area contributed by atoms with Gasteiger partial charge in [-0.25, -0.2) is 0 Å². The molecule has 1 N–H and O–H groups in total. The van der Waals surface area contributed by atoms with Gasteiger partial charge in [-0.15, -0.1) is 0 Å². The van der Waals surface area contributed by atoms with E-state index in [1.807, 2.05) is 0 Å². The van der Waals surface area contributed by atoms with E-state index < -0.39 is 0 Å². The van der Waals surface area contributed by atoms with Gasteiger partial charge in [-0.05, 0) is 36.8 Å². The Morgan fingerprint density at radius 3 is 2.50 bits per heavy atom. The van der Waals surface area contributed by atoms with Crippen molar-refractivity contribution >= 4 is 22.6 Å². The second-order valence-corrected chi connectivity index (χ2v) is 3.58. The molecule has 1 nitrogen and oxygen atoms in total. The molecule has 0 bridgehead atoms. The van der Waals surface area contributed by atoms with E-state index in [2.05, 4.69) is 34.8 Å². The summed E-state index contributed by atoms with van der Waals surface area (Å²) in [4.78, 5) is 0. The molecule has 0 aromatic heterocycles. The van der Waals surface area contributed by atoms with Crippen molar-refractivity contribution in [2.45, 2.75) is 32.6 Å². The molecule has 0 aliphatic rings. The number of halogens is 1. The molecule has 2 heteroatoms. The van der Waals surface area contributed by atoms with E-state index in [1.165, 1.54) is 43.2 Å². The number of unbranched alkanes of at least 4 members (excludes halogenated alkanes) is 2. The molecule has 0 aliphatic carbocycles. The lowest BCUT2D eigenvalue weighted by atomic mass is 10.2. The van der Waals surface area contributed by atoms with Gasteiger partial charge in [-0.3, -0.25) is 0 Å². The van der Waals surface area contributed by atoms with Gasteiger partial charge >= 0.3 is 0 Å². The van der Waals surface area contributed by atoms with Crippen LogP contribution in [0.3, 0.4) is 0 Å². The Bertz CT molecular complexity index is 49.2. The molecule has 0 aliphatic heterocycles. The molecule has 0 rings (SSSR count). The summed E-state index contributed by atoms with van der Waals surface area (Å²) >= 11 is 2.44. The van der Waals surface area contributed by atoms with E-state index in [0.29, 0.717) is 0 Å². The Morgan fingerprint density at radius 2 is 1.90 bits per heavy atom. The van der Waals surface area contributed by atoms with Crippen LogP contribution in [0.1, 0.15) is 32.6 Å². The van der Waals surface area contributed by atoms with Crippen LogP contribution >= 0.6 is 22.6 Å². The van der Waals surface area contributed by atoms with Crippen LogP contribution in [-0.2, 0) is 0 Å². The first kappa shape index (κ1) is 10.7. The fourth-order valence-electron chi connectivity index (χ4n) is 0.823. The zero-order chi connectivity index (χ0) is 7.66. The summed E-state index contributed by atoms with van der Waals surface area (Å²) in [7, 11) is 0. The quantitative estimate of drug-likeness (QED) is 0.419. The normalized spacial score (nSPS) is 10.2. The zero-order valence-corrected chi connectivity index (χ0v) is 8.99. The van der Waals surface area contributed by atoms with E-state index in [0.717, 1.165) is 0 Å². The van der Waals surface area contributed by atoms with Gasteiger partial charge in [0, 0.05) is 0 Å². The maximum Gasteiger partial charge on any atom is -0.000472 e. The van der Waals surface area contributed by atoms with Crippen LogP contribution < -0.4 is 5.32 Å². The third-order valence-corrected chi connectivity index (χ3v) is 2.18. The minimum absolute atomic E-state index is 1.18. The van der Waals surface area contributed by atoms with E-state index in [-0.39, 0.29) is 0 Å². The lowest BCUT2D eigenvalue weighted by Crippen LogP contribution is -2.15. The Morgan fingerprint density at radius 1 is 1.10 bits per heavy atom. The predicted molar refractivity (Wildman–Crippen MR) is 55.9 cm³/mol. The fourth-order valence-corrected chi connectivity index (χ4v) is 1.36. The van der Waals surface area contributed by atoms with Crippen LogP contribution in [0.15, 0.2) is 0 Å². The molecule has 0 radical (unpaired) electrons. The number of alkyl halides is 1. The highest BCUT2D eigenvalue weighted by atomic mass is 127. The molecule has 0 spiro atoms. The van der Waals surface area contributed by atoms with E-state index >= 15 is 0 Å². The first-order valence-electron chi connectivity index (χ1n) is 4.18. The Labute approximate surface area is 78.1 Å². The van der Waals surface area contributed by atoms with Gasteiger partial charge in [0.1, 0.15) is 0 Å². The van der Waals surface area contributed by atoms with Crippen molar-refractivity contribution < 1.29 is 0 Å². The maximum atomic E-state index is 3.39. The minimum atomic E-state index is 1.18. The minimum Gasteiger partial charge on any atom is -0.317 e. The lowest BCUT2D eigenvalue weighted by molar-refractivity contribution is 0.614. The molecular formula is C8H18IN. The fraction of sp³-hybridized carbons (Fsp3) is 1.00. The SMILES string of the molecule is CCCNCCCCCI. The van der Waals surface area contributed by atoms with Gasteiger partial charge in [0.25, 0.3) is 0 Å².